The van der Waals surface area contributed by atoms with Crippen molar-refractivity contribution in [2.45, 2.75) is 38.5 Å². The van der Waals surface area contributed by atoms with Gasteiger partial charge < -0.3 is 15.2 Å². The second-order valence-electron chi connectivity index (χ2n) is 4.74. The number of rotatable bonds is 7. The van der Waals surface area contributed by atoms with Gasteiger partial charge in [-0.15, -0.1) is 0 Å². The number of hydrogen-bond donors (Lipinski definition) is 2. The van der Waals surface area contributed by atoms with Gasteiger partial charge in [0.25, 0.3) is 0 Å². The first-order valence-electron chi connectivity index (χ1n) is 6.53. The lowest BCUT2D eigenvalue weighted by molar-refractivity contribution is 0.0341. The van der Waals surface area contributed by atoms with Gasteiger partial charge in [-0.25, -0.2) is 0 Å². The lowest BCUT2D eigenvalue weighted by Gasteiger charge is -2.25. The fourth-order valence-electron chi connectivity index (χ4n) is 1.66. The van der Waals surface area contributed by atoms with Crippen LogP contribution in [0.15, 0.2) is 22.7 Å². The molecule has 0 fully saturated rings. The van der Waals surface area contributed by atoms with Gasteiger partial charge >= 0.3 is 13.3 Å². The zero-order valence-electron chi connectivity index (χ0n) is 11.9. The van der Waals surface area contributed by atoms with Crippen LogP contribution in [0.3, 0.4) is 0 Å². The number of benzene rings is 1. The third kappa shape index (κ3) is 4.33. The zero-order valence-corrected chi connectivity index (χ0v) is 14.3. The van der Waals surface area contributed by atoms with Crippen LogP contribution in [0.1, 0.15) is 31.4 Å². The molecule has 0 bridgehead atoms. The molecular weight excluding hydrogens is 367 g/mol. The van der Waals surface area contributed by atoms with Gasteiger partial charge in [-0.3, -0.25) is 4.57 Å². The molecule has 1 aromatic rings. The summed E-state index contributed by atoms with van der Waals surface area (Å²) < 4.78 is 45.3. The second kappa shape index (κ2) is 7.29. The van der Waals surface area contributed by atoms with E-state index >= 15 is 0 Å². The molecule has 0 saturated carbocycles. The summed E-state index contributed by atoms with van der Waals surface area (Å²) in [5.41, 5.74) is 1.61. The van der Waals surface area contributed by atoms with Crippen molar-refractivity contribution in [2.75, 3.05) is 6.54 Å². The molecule has 0 aliphatic rings. The van der Waals surface area contributed by atoms with Gasteiger partial charge in [-0.2, -0.15) is 8.78 Å². The zero-order chi connectivity index (χ0) is 16.3. The second-order valence-corrected chi connectivity index (χ2v) is 7.41. The Kier molecular flexibility index (Phi) is 6.50. The molecule has 21 heavy (non-hydrogen) atoms. The van der Waals surface area contributed by atoms with Gasteiger partial charge in [0.2, 0.25) is 0 Å². The Morgan fingerprint density at radius 3 is 2.62 bits per heavy atom. The van der Waals surface area contributed by atoms with Crippen LogP contribution in [-0.2, 0) is 21.2 Å². The molecule has 120 valence electrons. The van der Waals surface area contributed by atoms with Crippen molar-refractivity contribution < 1.29 is 22.8 Å². The highest BCUT2D eigenvalue weighted by molar-refractivity contribution is 9.10. The normalized spacial score (nSPS) is 16.5. The van der Waals surface area contributed by atoms with Crippen molar-refractivity contribution >= 4 is 23.5 Å². The van der Waals surface area contributed by atoms with Gasteiger partial charge in [-0.1, -0.05) is 35.0 Å². The largest absolute Gasteiger partial charge is 0.402 e. The molecule has 1 rings (SSSR count). The molecule has 0 aliphatic carbocycles. The highest BCUT2D eigenvalue weighted by Crippen LogP contribution is 2.64. The molecule has 2 unspecified atom stereocenters. The van der Waals surface area contributed by atoms with Crippen LogP contribution in [0.4, 0.5) is 8.78 Å². The third-order valence-electron chi connectivity index (χ3n) is 3.04. The SMILES string of the molecule is CCC(C)OP(=O)(O)C(F)(F)c1ccc(CCN)cc1Br. The fraction of sp³-hybridized carbons (Fsp3) is 0.538. The lowest BCUT2D eigenvalue weighted by atomic mass is 10.1. The number of nitrogens with two attached hydrogens (primary N) is 1. The molecule has 0 heterocycles. The molecule has 0 radical (unpaired) electrons. The van der Waals surface area contributed by atoms with E-state index in [2.05, 4.69) is 20.5 Å². The summed E-state index contributed by atoms with van der Waals surface area (Å²) in [5.74, 6) is 0. The van der Waals surface area contributed by atoms with Crippen LogP contribution in [0.2, 0.25) is 0 Å². The molecule has 0 spiro atoms. The average molecular weight is 386 g/mol. The van der Waals surface area contributed by atoms with Crippen molar-refractivity contribution in [1.82, 2.24) is 0 Å². The van der Waals surface area contributed by atoms with Gasteiger partial charge in [0, 0.05) is 10.0 Å². The first-order valence-corrected chi connectivity index (χ1v) is 8.90. The average Bonchev–Trinajstić information content (AvgIpc) is 2.38. The molecule has 0 aromatic heterocycles. The minimum atomic E-state index is -5.14. The summed E-state index contributed by atoms with van der Waals surface area (Å²) in [6.07, 6.45) is 0.156. The molecule has 3 N–H and O–H groups in total. The summed E-state index contributed by atoms with van der Waals surface area (Å²) in [6, 6.07) is 4.06. The molecular formula is C13H19BrF2NO3P. The molecule has 0 amide bonds. The van der Waals surface area contributed by atoms with E-state index < -0.39 is 24.9 Å². The Labute approximate surface area is 131 Å². The summed E-state index contributed by atoms with van der Waals surface area (Å²) in [6.45, 7) is 3.54. The van der Waals surface area contributed by atoms with E-state index in [4.69, 9.17) is 5.73 Å². The van der Waals surface area contributed by atoms with E-state index in [1.165, 1.54) is 19.1 Å². The molecule has 4 nitrogen and oxygen atoms in total. The molecule has 0 saturated heterocycles. The predicted molar refractivity (Wildman–Crippen MR) is 81.5 cm³/mol. The number of alkyl halides is 2. The Morgan fingerprint density at radius 1 is 1.52 bits per heavy atom. The lowest BCUT2D eigenvalue weighted by Crippen LogP contribution is -2.19. The fourth-order valence-corrected chi connectivity index (χ4v) is 3.76. The first kappa shape index (κ1) is 18.7. The quantitative estimate of drug-likeness (QED) is 0.695. The highest BCUT2D eigenvalue weighted by atomic mass is 79.9. The third-order valence-corrected chi connectivity index (χ3v) is 5.30. The van der Waals surface area contributed by atoms with Crippen LogP contribution in [0.5, 0.6) is 0 Å². The number of halogens is 3. The van der Waals surface area contributed by atoms with Crippen LogP contribution >= 0.6 is 23.5 Å². The summed E-state index contributed by atoms with van der Waals surface area (Å²) in [5, 5.41) is 0. The van der Waals surface area contributed by atoms with Crippen LogP contribution in [0, 0.1) is 0 Å². The van der Waals surface area contributed by atoms with Crippen molar-refractivity contribution in [3.63, 3.8) is 0 Å². The van der Waals surface area contributed by atoms with E-state index in [1.807, 2.05) is 0 Å². The van der Waals surface area contributed by atoms with Gasteiger partial charge in [0.15, 0.2) is 0 Å². The first-order chi connectivity index (χ1) is 9.65. The Morgan fingerprint density at radius 2 is 2.14 bits per heavy atom. The summed E-state index contributed by atoms with van der Waals surface area (Å²) in [7, 11) is -5.14. The molecule has 0 aliphatic heterocycles. The van der Waals surface area contributed by atoms with Gasteiger partial charge in [0.05, 0.1) is 6.10 Å². The molecule has 2 atom stereocenters. The molecule has 1 aromatic carbocycles. The maximum Gasteiger partial charge on any atom is 0.402 e. The smallest absolute Gasteiger partial charge is 0.330 e. The van der Waals surface area contributed by atoms with Crippen molar-refractivity contribution in [3.8, 4) is 0 Å². The Balaban J connectivity index is 3.14. The standard InChI is InChI=1S/C13H19BrF2NO3P/c1-3-9(2)20-21(18,19)13(15,16)11-5-4-10(6-7-17)8-12(11)14/h4-5,8-9H,3,6-7,17H2,1-2H3,(H,18,19). The van der Waals surface area contributed by atoms with Gasteiger partial charge in [0.1, 0.15) is 0 Å². The predicted octanol–water partition coefficient (Wildman–Crippen LogP) is 4.00. The summed E-state index contributed by atoms with van der Waals surface area (Å²) in [4.78, 5) is 9.64. The van der Waals surface area contributed by atoms with Crippen LogP contribution < -0.4 is 5.73 Å². The van der Waals surface area contributed by atoms with Crippen LogP contribution in [0.25, 0.3) is 0 Å². The Bertz CT molecular complexity index is 542. The van der Waals surface area contributed by atoms with Crippen LogP contribution in [-0.4, -0.2) is 17.5 Å². The minimum Gasteiger partial charge on any atom is -0.330 e. The van der Waals surface area contributed by atoms with E-state index in [0.29, 0.717) is 19.4 Å². The van der Waals surface area contributed by atoms with Crippen molar-refractivity contribution in [2.24, 2.45) is 5.73 Å². The summed E-state index contributed by atoms with van der Waals surface area (Å²) >= 11 is 3.02. The maximum absolute atomic E-state index is 14.3. The highest BCUT2D eigenvalue weighted by Gasteiger charge is 2.54. The molecule has 8 heteroatoms. The van der Waals surface area contributed by atoms with Gasteiger partial charge in [-0.05, 0) is 37.9 Å². The number of hydrogen-bond acceptors (Lipinski definition) is 3. The topological polar surface area (TPSA) is 72.5 Å². The monoisotopic (exact) mass is 385 g/mol. The maximum atomic E-state index is 14.3. The van der Waals surface area contributed by atoms with E-state index in [-0.39, 0.29) is 4.47 Å². The van der Waals surface area contributed by atoms with Crippen molar-refractivity contribution in [1.29, 1.82) is 0 Å². The Hall–Kier alpha value is -0.330. The van der Waals surface area contributed by atoms with E-state index in [0.717, 1.165) is 11.6 Å². The van der Waals surface area contributed by atoms with E-state index in [9.17, 15) is 18.2 Å². The minimum absolute atomic E-state index is 0.0560. The van der Waals surface area contributed by atoms with E-state index in [1.54, 1.807) is 6.92 Å². The van der Waals surface area contributed by atoms with Crippen molar-refractivity contribution in [3.05, 3.63) is 33.8 Å².